The number of hydrogen-bond acceptors (Lipinski definition) is 5. The van der Waals surface area contributed by atoms with E-state index in [1.165, 1.54) is 0 Å². The quantitative estimate of drug-likeness (QED) is 0.847. The molecule has 0 atom stereocenters. The normalized spacial score (nSPS) is 13.3. The first kappa shape index (κ1) is 13.5. The summed E-state index contributed by atoms with van der Waals surface area (Å²) in [5, 5.41) is 9.42. The standard InChI is InChI=1S/C14H13ClN2O2S/c1-8-9(2)14(17-16-13(8)15)20-10-3-4-11-12(7-10)19-6-5-18-11/h3-4,7H,5-6H2,1-2H3. The summed E-state index contributed by atoms with van der Waals surface area (Å²) in [6, 6.07) is 5.87. The van der Waals surface area contributed by atoms with Crippen LogP contribution in [0.5, 0.6) is 11.5 Å². The lowest BCUT2D eigenvalue weighted by Gasteiger charge is -2.18. The van der Waals surface area contributed by atoms with Gasteiger partial charge in [-0.05, 0) is 43.2 Å². The summed E-state index contributed by atoms with van der Waals surface area (Å²) in [5.74, 6) is 1.56. The maximum Gasteiger partial charge on any atom is 0.162 e. The van der Waals surface area contributed by atoms with Crippen LogP contribution >= 0.6 is 23.4 Å². The number of benzene rings is 1. The molecule has 0 aliphatic carbocycles. The van der Waals surface area contributed by atoms with Gasteiger partial charge in [-0.25, -0.2) is 0 Å². The van der Waals surface area contributed by atoms with E-state index in [1.54, 1.807) is 11.8 Å². The molecule has 0 saturated heterocycles. The second kappa shape index (κ2) is 5.50. The van der Waals surface area contributed by atoms with Gasteiger partial charge in [-0.2, -0.15) is 0 Å². The molecule has 0 amide bonds. The number of rotatable bonds is 2. The molecule has 1 aliphatic heterocycles. The van der Waals surface area contributed by atoms with Gasteiger partial charge in [0.2, 0.25) is 0 Å². The summed E-state index contributed by atoms with van der Waals surface area (Å²) in [7, 11) is 0. The minimum Gasteiger partial charge on any atom is -0.486 e. The molecule has 0 saturated carbocycles. The van der Waals surface area contributed by atoms with Crippen molar-refractivity contribution >= 4 is 23.4 Å². The zero-order valence-corrected chi connectivity index (χ0v) is 12.7. The van der Waals surface area contributed by atoms with Crippen LogP contribution in [0.2, 0.25) is 5.15 Å². The van der Waals surface area contributed by atoms with Crippen molar-refractivity contribution in [2.45, 2.75) is 23.8 Å². The van der Waals surface area contributed by atoms with Gasteiger partial charge in [0.1, 0.15) is 18.2 Å². The molecule has 0 N–H and O–H groups in total. The molecule has 0 radical (unpaired) electrons. The van der Waals surface area contributed by atoms with E-state index in [4.69, 9.17) is 21.1 Å². The average molecular weight is 309 g/mol. The average Bonchev–Trinajstić information content (AvgIpc) is 2.48. The summed E-state index contributed by atoms with van der Waals surface area (Å²) in [6.45, 7) is 5.12. The van der Waals surface area contributed by atoms with Gasteiger partial charge < -0.3 is 9.47 Å². The van der Waals surface area contributed by atoms with Gasteiger partial charge in [0.05, 0.1) is 0 Å². The van der Waals surface area contributed by atoms with E-state index in [2.05, 4.69) is 10.2 Å². The summed E-state index contributed by atoms with van der Waals surface area (Å²) in [4.78, 5) is 1.04. The van der Waals surface area contributed by atoms with Crippen molar-refractivity contribution in [1.29, 1.82) is 0 Å². The van der Waals surface area contributed by atoms with Crippen molar-refractivity contribution in [3.8, 4) is 11.5 Å². The van der Waals surface area contributed by atoms with E-state index in [-0.39, 0.29) is 0 Å². The number of fused-ring (bicyclic) bond motifs is 1. The highest BCUT2D eigenvalue weighted by Gasteiger charge is 2.14. The molecule has 0 fully saturated rings. The third-order valence-corrected chi connectivity index (χ3v) is 4.58. The van der Waals surface area contributed by atoms with Crippen LogP contribution in [0.3, 0.4) is 0 Å². The van der Waals surface area contributed by atoms with E-state index in [1.807, 2.05) is 32.0 Å². The second-order valence-corrected chi connectivity index (χ2v) is 5.87. The van der Waals surface area contributed by atoms with E-state index < -0.39 is 0 Å². The highest BCUT2D eigenvalue weighted by molar-refractivity contribution is 7.99. The minimum atomic E-state index is 0.453. The lowest BCUT2D eigenvalue weighted by atomic mass is 10.2. The molecule has 3 rings (SSSR count). The molecule has 6 heteroatoms. The number of nitrogens with zero attached hydrogens (tertiary/aromatic N) is 2. The third kappa shape index (κ3) is 2.55. The fourth-order valence-electron chi connectivity index (χ4n) is 1.85. The predicted molar refractivity (Wildman–Crippen MR) is 78.1 cm³/mol. The molecule has 0 bridgehead atoms. The highest BCUT2D eigenvalue weighted by Crippen LogP contribution is 2.37. The molecule has 104 valence electrons. The van der Waals surface area contributed by atoms with Crippen molar-refractivity contribution < 1.29 is 9.47 Å². The van der Waals surface area contributed by atoms with Crippen LogP contribution in [-0.4, -0.2) is 23.4 Å². The molecule has 4 nitrogen and oxygen atoms in total. The Morgan fingerprint density at radius 3 is 2.60 bits per heavy atom. The number of ether oxygens (including phenoxy) is 2. The first-order valence-corrected chi connectivity index (χ1v) is 7.41. The van der Waals surface area contributed by atoms with Crippen molar-refractivity contribution in [3.05, 3.63) is 34.5 Å². The van der Waals surface area contributed by atoms with Crippen molar-refractivity contribution in [1.82, 2.24) is 10.2 Å². The van der Waals surface area contributed by atoms with Crippen LogP contribution in [0.4, 0.5) is 0 Å². The Morgan fingerprint density at radius 2 is 1.80 bits per heavy atom. The summed E-state index contributed by atoms with van der Waals surface area (Å²) in [5.41, 5.74) is 2.01. The first-order valence-electron chi connectivity index (χ1n) is 6.22. The van der Waals surface area contributed by atoms with Crippen LogP contribution in [0.15, 0.2) is 28.1 Å². The zero-order valence-electron chi connectivity index (χ0n) is 11.1. The number of aromatic nitrogens is 2. The Morgan fingerprint density at radius 1 is 1.05 bits per heavy atom. The Bertz CT molecular complexity index is 664. The van der Waals surface area contributed by atoms with E-state index in [9.17, 15) is 0 Å². The second-order valence-electron chi connectivity index (χ2n) is 4.45. The molecular weight excluding hydrogens is 296 g/mol. The maximum absolute atomic E-state index is 5.96. The third-order valence-electron chi connectivity index (χ3n) is 3.15. The fraction of sp³-hybridized carbons (Fsp3) is 0.286. The Balaban J connectivity index is 1.90. The topological polar surface area (TPSA) is 44.2 Å². The maximum atomic E-state index is 5.96. The molecule has 20 heavy (non-hydrogen) atoms. The van der Waals surface area contributed by atoms with Gasteiger partial charge in [0.25, 0.3) is 0 Å². The summed E-state index contributed by atoms with van der Waals surface area (Å²) >= 11 is 7.51. The monoisotopic (exact) mass is 308 g/mol. The number of hydrogen-bond donors (Lipinski definition) is 0. The molecular formula is C14H13ClN2O2S. The SMILES string of the molecule is Cc1c(Cl)nnc(Sc2ccc3c(c2)OCCO3)c1C. The molecule has 2 aromatic rings. The van der Waals surface area contributed by atoms with Crippen molar-refractivity contribution in [3.63, 3.8) is 0 Å². The molecule has 0 unspecified atom stereocenters. The molecule has 2 heterocycles. The minimum absolute atomic E-state index is 0.453. The van der Waals surface area contributed by atoms with E-state index in [0.29, 0.717) is 18.4 Å². The molecule has 1 aromatic heterocycles. The van der Waals surface area contributed by atoms with Crippen LogP contribution < -0.4 is 9.47 Å². The Labute approximate surface area is 126 Å². The number of halogens is 1. The van der Waals surface area contributed by atoms with Gasteiger partial charge in [0.15, 0.2) is 16.7 Å². The smallest absolute Gasteiger partial charge is 0.162 e. The zero-order chi connectivity index (χ0) is 14.1. The summed E-state index contributed by atoms with van der Waals surface area (Å²) in [6.07, 6.45) is 0. The van der Waals surface area contributed by atoms with Crippen LogP contribution in [-0.2, 0) is 0 Å². The molecule has 1 aromatic carbocycles. The van der Waals surface area contributed by atoms with Gasteiger partial charge in [-0.3, -0.25) is 0 Å². The van der Waals surface area contributed by atoms with Crippen LogP contribution in [0, 0.1) is 13.8 Å². The largest absolute Gasteiger partial charge is 0.486 e. The van der Waals surface area contributed by atoms with Gasteiger partial charge in [-0.15, -0.1) is 10.2 Å². The molecule has 1 aliphatic rings. The van der Waals surface area contributed by atoms with E-state index >= 15 is 0 Å². The first-order chi connectivity index (χ1) is 9.65. The predicted octanol–water partition coefficient (Wildman–Crippen LogP) is 3.67. The van der Waals surface area contributed by atoms with Gasteiger partial charge in [-0.1, -0.05) is 23.4 Å². The van der Waals surface area contributed by atoms with Crippen LogP contribution in [0.25, 0.3) is 0 Å². The van der Waals surface area contributed by atoms with Crippen molar-refractivity contribution in [2.24, 2.45) is 0 Å². The Hall–Kier alpha value is -1.46. The summed E-state index contributed by atoms with van der Waals surface area (Å²) < 4.78 is 11.1. The van der Waals surface area contributed by atoms with Crippen molar-refractivity contribution in [2.75, 3.05) is 13.2 Å². The van der Waals surface area contributed by atoms with Crippen LogP contribution in [0.1, 0.15) is 11.1 Å². The van der Waals surface area contributed by atoms with E-state index in [0.717, 1.165) is 32.5 Å². The van der Waals surface area contributed by atoms with Gasteiger partial charge >= 0.3 is 0 Å². The van der Waals surface area contributed by atoms with Gasteiger partial charge in [0, 0.05) is 4.90 Å². The fourth-order valence-corrected chi connectivity index (χ4v) is 2.94. The Kier molecular flexibility index (Phi) is 3.72. The lowest BCUT2D eigenvalue weighted by Crippen LogP contribution is -2.15. The lowest BCUT2D eigenvalue weighted by molar-refractivity contribution is 0.171. The highest BCUT2D eigenvalue weighted by atomic mass is 35.5. The molecule has 0 spiro atoms.